The van der Waals surface area contributed by atoms with Crippen molar-refractivity contribution in [3.05, 3.63) is 87.5 Å². The number of piperidine rings is 2. The minimum absolute atomic E-state index is 0.120. The van der Waals surface area contributed by atoms with Crippen molar-refractivity contribution < 1.29 is 42.1 Å². The maximum Gasteiger partial charge on any atom is 0.295 e. The zero-order chi connectivity index (χ0) is 43.4. The summed E-state index contributed by atoms with van der Waals surface area (Å²) in [5.74, 6) is -2.58. The lowest BCUT2D eigenvalue weighted by molar-refractivity contribution is -0.136. The van der Waals surface area contributed by atoms with E-state index in [1.807, 2.05) is 19.9 Å². The first-order valence-corrected chi connectivity index (χ1v) is 21.3. The van der Waals surface area contributed by atoms with E-state index >= 15 is 0 Å². The Morgan fingerprint density at radius 3 is 2.46 bits per heavy atom. The third-order valence-electron chi connectivity index (χ3n) is 12.5. The van der Waals surface area contributed by atoms with E-state index in [1.165, 1.54) is 23.1 Å². The number of carbonyl (C=O) groups excluding carboxylic acids is 3. The number of aliphatic hydroxyl groups excluding tert-OH is 1. The molecule has 2 fully saturated rings. The molecule has 326 valence electrons. The molecule has 61 heavy (non-hydrogen) atoms. The van der Waals surface area contributed by atoms with Crippen molar-refractivity contribution in [1.29, 1.82) is 0 Å². The van der Waals surface area contributed by atoms with Crippen LogP contribution >= 0.6 is 0 Å². The van der Waals surface area contributed by atoms with Crippen LogP contribution in [0.1, 0.15) is 121 Å². The van der Waals surface area contributed by atoms with Crippen molar-refractivity contribution in [2.75, 3.05) is 45.8 Å². The van der Waals surface area contributed by atoms with Crippen LogP contribution < -0.4 is 20.1 Å². The minimum Gasteiger partial charge on any atom is -0.493 e. The van der Waals surface area contributed by atoms with Gasteiger partial charge in [-0.25, -0.2) is 14.4 Å². The maximum absolute atomic E-state index is 14.9. The van der Waals surface area contributed by atoms with Crippen molar-refractivity contribution in [1.82, 2.24) is 25.1 Å². The number of nitrogens with zero attached hydrogens (tertiary/aromatic N) is 4. The van der Waals surface area contributed by atoms with E-state index in [4.69, 9.17) is 19.4 Å². The summed E-state index contributed by atoms with van der Waals surface area (Å²) in [4.78, 5) is 51.1. The second-order valence-corrected chi connectivity index (χ2v) is 16.5. The molecule has 15 heteroatoms. The van der Waals surface area contributed by atoms with E-state index in [9.17, 15) is 32.7 Å². The Morgan fingerprint density at radius 1 is 0.984 bits per heavy atom. The van der Waals surface area contributed by atoms with Gasteiger partial charge < -0.3 is 29.7 Å². The molecule has 3 aromatic carbocycles. The number of anilines is 1. The van der Waals surface area contributed by atoms with Crippen LogP contribution in [0.15, 0.2) is 42.5 Å². The molecular formula is C46H55F3N6O6. The molecule has 12 nitrogen and oxygen atoms in total. The number of aliphatic hydroxyl groups is 1. The number of imide groups is 1. The van der Waals surface area contributed by atoms with Gasteiger partial charge in [0.2, 0.25) is 11.8 Å². The summed E-state index contributed by atoms with van der Waals surface area (Å²) >= 11 is 0. The molecule has 4 heterocycles. The molecule has 2 atom stereocenters. The van der Waals surface area contributed by atoms with Gasteiger partial charge in [-0.1, -0.05) is 37.5 Å². The van der Waals surface area contributed by atoms with Crippen LogP contribution in [0, 0.1) is 12.7 Å². The highest BCUT2D eigenvalue weighted by Crippen LogP contribution is 2.41. The van der Waals surface area contributed by atoms with E-state index in [1.54, 1.807) is 32.4 Å². The Bertz CT molecular complexity index is 2280. The van der Waals surface area contributed by atoms with Gasteiger partial charge in [0.15, 0.2) is 11.5 Å². The van der Waals surface area contributed by atoms with E-state index in [2.05, 4.69) is 15.5 Å². The fraction of sp³-hybridized carbons (Fsp3) is 0.500. The van der Waals surface area contributed by atoms with E-state index in [-0.39, 0.29) is 42.7 Å². The predicted molar refractivity (Wildman–Crippen MR) is 224 cm³/mol. The smallest absolute Gasteiger partial charge is 0.295 e. The number of fused-ring (bicyclic) bond motifs is 2. The summed E-state index contributed by atoms with van der Waals surface area (Å²) < 4.78 is 55.1. The number of methoxy groups -OCH3 is 2. The molecule has 1 unspecified atom stereocenters. The van der Waals surface area contributed by atoms with E-state index in [0.717, 1.165) is 92.2 Å². The number of benzene rings is 3. The number of amides is 3. The van der Waals surface area contributed by atoms with Crippen molar-refractivity contribution in [2.24, 2.45) is 0 Å². The minimum atomic E-state index is -3.35. The zero-order valence-electron chi connectivity index (χ0n) is 35.3. The number of likely N-dealkylation sites (tertiary alicyclic amines) is 1. The lowest BCUT2D eigenvalue weighted by Crippen LogP contribution is -2.52. The number of hydrogen-bond donors (Lipinski definition) is 3. The Labute approximate surface area is 354 Å². The third kappa shape index (κ3) is 9.47. The van der Waals surface area contributed by atoms with Gasteiger partial charge >= 0.3 is 0 Å². The number of unbranched alkanes of at least 4 members (excludes halogenated alkanes) is 4. The van der Waals surface area contributed by atoms with Gasteiger partial charge in [0, 0.05) is 41.1 Å². The molecular weight excluding hydrogens is 790 g/mol. The summed E-state index contributed by atoms with van der Waals surface area (Å²) in [7, 11) is 3.20. The fourth-order valence-electron chi connectivity index (χ4n) is 9.19. The molecule has 0 bridgehead atoms. The van der Waals surface area contributed by atoms with Gasteiger partial charge in [-0.15, -0.1) is 0 Å². The van der Waals surface area contributed by atoms with Crippen molar-refractivity contribution in [3.63, 3.8) is 0 Å². The molecule has 3 aliphatic rings. The highest BCUT2D eigenvalue weighted by molar-refractivity contribution is 6.05. The van der Waals surface area contributed by atoms with Gasteiger partial charge in [-0.3, -0.25) is 19.7 Å². The number of rotatable bonds is 17. The average Bonchev–Trinajstić information content (AvgIpc) is 3.57. The lowest BCUT2D eigenvalue weighted by Gasteiger charge is -2.33. The summed E-state index contributed by atoms with van der Waals surface area (Å²) in [5.41, 5.74) is 4.01. The number of aryl methyl sites for hydroxylation is 2. The molecule has 3 aliphatic heterocycles. The molecule has 3 N–H and O–H groups in total. The number of nitrogens with one attached hydrogen (secondary N) is 2. The summed E-state index contributed by atoms with van der Waals surface area (Å²) in [6, 6.07) is 9.57. The number of alkyl halides is 2. The largest absolute Gasteiger partial charge is 0.493 e. The quantitative estimate of drug-likeness (QED) is 0.0723. The molecule has 2 saturated heterocycles. The number of carbonyl (C=O) groups is 3. The topological polar surface area (TPSA) is 146 Å². The number of aromatic nitrogens is 2. The van der Waals surface area contributed by atoms with Crippen molar-refractivity contribution in [2.45, 2.75) is 109 Å². The van der Waals surface area contributed by atoms with Gasteiger partial charge in [-0.05, 0) is 119 Å². The first kappa shape index (κ1) is 43.8. The van der Waals surface area contributed by atoms with Gasteiger partial charge in [0.1, 0.15) is 30.1 Å². The monoisotopic (exact) mass is 844 g/mol. The number of halogens is 3. The van der Waals surface area contributed by atoms with Crippen molar-refractivity contribution in [3.8, 4) is 11.5 Å². The van der Waals surface area contributed by atoms with Gasteiger partial charge in [0.05, 0.1) is 19.7 Å². The Morgan fingerprint density at radius 2 is 1.74 bits per heavy atom. The first-order chi connectivity index (χ1) is 29.3. The second kappa shape index (κ2) is 18.8. The van der Waals surface area contributed by atoms with Crippen LogP contribution in [0.2, 0.25) is 0 Å². The highest BCUT2D eigenvalue weighted by atomic mass is 19.3. The SMILES string of the molecule is COc1cc2c(N[C@@H](C)c3cccc(C(F)(F)CO)c3)nc(C)nc2c(CCCCCCCN2CCC(c3cc(F)cc4c3CN(C3CCC(=O)NC3=O)C4=O)CC2)c1OC. The zero-order valence-corrected chi connectivity index (χ0v) is 35.3. The summed E-state index contributed by atoms with van der Waals surface area (Å²) in [5, 5.41) is 15.7. The van der Waals surface area contributed by atoms with Crippen LogP contribution in [0.4, 0.5) is 19.0 Å². The Balaban J connectivity index is 0.918. The van der Waals surface area contributed by atoms with Crippen LogP contribution in [-0.2, 0) is 28.5 Å². The standard InChI is InChI=1S/C46H55F3N6O6/c1-27(30-11-10-12-31(21-30)46(48,49)26-56)50-43-36-24-39(60-3)42(61-4)33(41(36)51-28(2)52-43)13-8-6-5-7-9-18-54-19-16-29(17-20-54)34-22-32(47)23-35-37(34)25-55(45(35)59)38-14-15-40(57)53-44(38)58/h10-12,21-24,27,29,38,56H,5-9,13-20,25-26H2,1-4H3,(H,50,51,52)(H,53,57,58)/t27-,38?/m0/s1. The van der Waals surface area contributed by atoms with Crippen LogP contribution in [0.5, 0.6) is 11.5 Å². The highest BCUT2D eigenvalue weighted by Gasteiger charge is 2.41. The number of ether oxygens (including phenoxy) is 2. The molecule has 0 aliphatic carbocycles. The van der Waals surface area contributed by atoms with Gasteiger partial charge in [-0.2, -0.15) is 8.78 Å². The molecule has 1 aromatic heterocycles. The second-order valence-electron chi connectivity index (χ2n) is 16.5. The predicted octanol–water partition coefficient (Wildman–Crippen LogP) is 7.49. The first-order valence-electron chi connectivity index (χ1n) is 21.3. The summed E-state index contributed by atoms with van der Waals surface area (Å²) in [6.45, 7) is 5.39. The van der Waals surface area contributed by atoms with Crippen molar-refractivity contribution >= 4 is 34.4 Å². The van der Waals surface area contributed by atoms with Crippen LogP contribution in [0.25, 0.3) is 10.9 Å². The molecule has 7 rings (SSSR count). The van der Waals surface area contributed by atoms with E-state index < -0.39 is 36.3 Å². The average molecular weight is 845 g/mol. The molecule has 0 spiro atoms. The Kier molecular flexibility index (Phi) is 13.5. The fourth-order valence-corrected chi connectivity index (χ4v) is 9.19. The number of hydrogen-bond acceptors (Lipinski definition) is 10. The Hall–Kier alpha value is -5.28. The molecule has 4 aromatic rings. The van der Waals surface area contributed by atoms with Crippen LogP contribution in [-0.4, -0.2) is 89.1 Å². The molecule has 3 amide bonds. The molecule has 0 radical (unpaired) electrons. The summed E-state index contributed by atoms with van der Waals surface area (Å²) in [6.07, 6.45) is 7.95. The molecule has 0 saturated carbocycles. The van der Waals surface area contributed by atoms with E-state index in [0.29, 0.717) is 40.7 Å². The third-order valence-corrected chi connectivity index (χ3v) is 12.5. The lowest BCUT2D eigenvalue weighted by atomic mass is 9.85. The maximum atomic E-state index is 14.9. The normalized spacial score (nSPS) is 18.1. The van der Waals surface area contributed by atoms with Gasteiger partial charge in [0.25, 0.3) is 11.8 Å². The van der Waals surface area contributed by atoms with Crippen LogP contribution in [0.3, 0.4) is 0 Å².